The average Bonchev–Trinajstić information content (AvgIpc) is 2.90. The minimum Gasteiger partial charge on any atom is -0.393 e. The maximum absolute atomic E-state index is 6.18. The van der Waals surface area contributed by atoms with E-state index in [1.54, 1.807) is 11.3 Å². The third kappa shape index (κ3) is 3.80. The van der Waals surface area contributed by atoms with Crippen LogP contribution in [0.4, 0.5) is 22.5 Å². The number of thiazole rings is 1. The van der Waals surface area contributed by atoms with Crippen LogP contribution in [-0.2, 0) is 6.42 Å². The van der Waals surface area contributed by atoms with Gasteiger partial charge in [0.2, 0.25) is 0 Å². The first-order valence-electron chi connectivity index (χ1n) is 7.73. The lowest BCUT2D eigenvalue weighted by molar-refractivity contribution is 1.00. The highest BCUT2D eigenvalue weighted by Crippen LogP contribution is 2.29. The number of benzene rings is 1. The molecule has 0 aliphatic heterocycles. The molecule has 0 radical (unpaired) electrons. The molecule has 0 aliphatic rings. The molecule has 0 amide bonds. The molecule has 0 saturated heterocycles. The molecule has 0 saturated carbocycles. The second kappa shape index (κ2) is 7.27. The zero-order valence-corrected chi connectivity index (χ0v) is 14.5. The van der Waals surface area contributed by atoms with E-state index in [4.69, 9.17) is 5.73 Å². The van der Waals surface area contributed by atoms with Gasteiger partial charge in [0.25, 0.3) is 0 Å². The summed E-state index contributed by atoms with van der Waals surface area (Å²) in [5.74, 6) is 1.20. The lowest BCUT2D eigenvalue weighted by Gasteiger charge is -2.11. The van der Waals surface area contributed by atoms with Crippen LogP contribution in [0.15, 0.2) is 36.7 Å². The highest BCUT2D eigenvalue weighted by Gasteiger charge is 2.10. The number of anilines is 4. The van der Waals surface area contributed by atoms with Crippen LogP contribution in [0.25, 0.3) is 0 Å². The second-order valence-electron chi connectivity index (χ2n) is 5.43. The molecule has 7 heteroatoms. The van der Waals surface area contributed by atoms with Gasteiger partial charge in [-0.05, 0) is 25.8 Å². The lowest BCUT2D eigenvalue weighted by atomic mass is 10.1. The van der Waals surface area contributed by atoms with Crippen molar-refractivity contribution in [1.29, 1.82) is 0 Å². The van der Waals surface area contributed by atoms with E-state index in [0.29, 0.717) is 17.3 Å². The summed E-state index contributed by atoms with van der Waals surface area (Å²) in [6.07, 6.45) is 2.40. The summed E-state index contributed by atoms with van der Waals surface area (Å²) in [5, 5.41) is 7.23. The number of nitrogens with two attached hydrogens (primary N) is 1. The first-order chi connectivity index (χ1) is 11.6. The highest BCUT2D eigenvalue weighted by molar-refractivity contribution is 7.15. The van der Waals surface area contributed by atoms with Crippen LogP contribution in [-0.4, -0.2) is 21.5 Å². The van der Waals surface area contributed by atoms with Gasteiger partial charge in [-0.25, -0.2) is 15.0 Å². The predicted molar refractivity (Wildman–Crippen MR) is 100.0 cm³/mol. The Balaban J connectivity index is 1.66. The van der Waals surface area contributed by atoms with Crippen LogP contribution in [0.5, 0.6) is 0 Å². The Hall–Kier alpha value is -2.67. The molecule has 0 spiro atoms. The van der Waals surface area contributed by atoms with E-state index in [-0.39, 0.29) is 0 Å². The molecule has 0 unspecified atom stereocenters. The molecule has 6 nitrogen and oxygen atoms in total. The third-order valence-electron chi connectivity index (χ3n) is 3.69. The normalized spacial score (nSPS) is 10.6. The van der Waals surface area contributed by atoms with Gasteiger partial charge in [0.05, 0.1) is 5.69 Å². The first kappa shape index (κ1) is 16.2. The Morgan fingerprint density at radius 1 is 1.08 bits per heavy atom. The minimum atomic E-state index is 0.496. The van der Waals surface area contributed by atoms with Crippen LogP contribution in [0.2, 0.25) is 0 Å². The van der Waals surface area contributed by atoms with Crippen molar-refractivity contribution in [1.82, 2.24) is 15.0 Å². The smallest absolute Gasteiger partial charge is 0.188 e. The molecular formula is C17H20N6S. The van der Waals surface area contributed by atoms with Crippen LogP contribution < -0.4 is 16.4 Å². The molecule has 3 aromatic rings. The van der Waals surface area contributed by atoms with E-state index in [0.717, 1.165) is 23.8 Å². The number of nitrogens with zero attached hydrogens (tertiary/aromatic N) is 3. The fraction of sp³-hybridized carbons (Fsp3) is 0.235. The van der Waals surface area contributed by atoms with Gasteiger partial charge in [0, 0.05) is 11.4 Å². The fourth-order valence-electron chi connectivity index (χ4n) is 2.23. The van der Waals surface area contributed by atoms with Gasteiger partial charge in [0.1, 0.15) is 12.0 Å². The Kier molecular flexibility index (Phi) is 4.90. The van der Waals surface area contributed by atoms with Gasteiger partial charge in [-0.15, -0.1) is 11.3 Å². The number of hydrogen-bond acceptors (Lipinski definition) is 7. The van der Waals surface area contributed by atoms with E-state index in [9.17, 15) is 0 Å². The van der Waals surface area contributed by atoms with Crippen molar-refractivity contribution >= 4 is 33.8 Å². The lowest BCUT2D eigenvalue weighted by Crippen LogP contribution is -2.10. The van der Waals surface area contributed by atoms with Crippen molar-refractivity contribution in [2.24, 2.45) is 0 Å². The van der Waals surface area contributed by atoms with E-state index < -0.39 is 0 Å². The topological polar surface area (TPSA) is 88.8 Å². The minimum absolute atomic E-state index is 0.496. The summed E-state index contributed by atoms with van der Waals surface area (Å²) in [4.78, 5) is 14.1. The van der Waals surface area contributed by atoms with Crippen molar-refractivity contribution in [3.05, 3.63) is 52.8 Å². The van der Waals surface area contributed by atoms with Crippen LogP contribution in [0.3, 0.4) is 0 Å². The summed E-state index contributed by atoms with van der Waals surface area (Å²) in [6, 6.07) is 10.3. The van der Waals surface area contributed by atoms with Gasteiger partial charge in [0.15, 0.2) is 16.8 Å². The summed E-state index contributed by atoms with van der Waals surface area (Å²) < 4.78 is 0. The highest BCUT2D eigenvalue weighted by atomic mass is 32.1. The molecular weight excluding hydrogens is 320 g/mol. The molecule has 0 bridgehead atoms. The summed E-state index contributed by atoms with van der Waals surface area (Å²) in [6.45, 7) is 4.77. The maximum Gasteiger partial charge on any atom is 0.188 e. The number of aromatic nitrogens is 3. The van der Waals surface area contributed by atoms with Crippen LogP contribution in [0.1, 0.15) is 16.1 Å². The summed E-state index contributed by atoms with van der Waals surface area (Å²) >= 11 is 1.58. The van der Waals surface area contributed by atoms with Crippen LogP contribution >= 0.6 is 11.3 Å². The van der Waals surface area contributed by atoms with Gasteiger partial charge in [-0.1, -0.05) is 30.3 Å². The Bertz CT molecular complexity index is 796. The quantitative estimate of drug-likeness (QED) is 0.636. The Morgan fingerprint density at radius 3 is 2.54 bits per heavy atom. The van der Waals surface area contributed by atoms with Crippen molar-refractivity contribution in [2.75, 3.05) is 22.9 Å². The predicted octanol–water partition coefficient (Wildman–Crippen LogP) is 3.53. The molecule has 0 fully saturated rings. The van der Waals surface area contributed by atoms with E-state index in [2.05, 4.69) is 37.7 Å². The molecule has 0 aliphatic carbocycles. The summed E-state index contributed by atoms with van der Waals surface area (Å²) in [7, 11) is 0. The molecule has 0 atom stereocenters. The molecule has 24 heavy (non-hydrogen) atoms. The Labute approximate surface area is 145 Å². The molecule has 3 rings (SSSR count). The second-order valence-corrected chi connectivity index (χ2v) is 6.64. The number of nitrogen functional groups attached to an aromatic ring is 1. The number of nitrogens with one attached hydrogen (secondary N) is 2. The summed E-state index contributed by atoms with van der Waals surface area (Å²) in [5.41, 5.74) is 8.96. The van der Waals surface area contributed by atoms with Gasteiger partial charge in [-0.2, -0.15) is 0 Å². The molecule has 4 N–H and O–H groups in total. The first-order valence-corrected chi connectivity index (χ1v) is 8.54. The van der Waals surface area contributed by atoms with Crippen molar-refractivity contribution < 1.29 is 0 Å². The van der Waals surface area contributed by atoms with Gasteiger partial charge < -0.3 is 16.4 Å². The van der Waals surface area contributed by atoms with E-state index in [1.807, 2.05) is 32.0 Å². The zero-order valence-electron chi connectivity index (χ0n) is 13.7. The number of aryl methyl sites for hydroxylation is 2. The van der Waals surface area contributed by atoms with Crippen molar-refractivity contribution in [3.8, 4) is 0 Å². The monoisotopic (exact) mass is 340 g/mol. The van der Waals surface area contributed by atoms with Crippen molar-refractivity contribution in [3.63, 3.8) is 0 Å². The zero-order chi connectivity index (χ0) is 16.9. The molecule has 1 aromatic carbocycles. The number of hydrogen-bond donors (Lipinski definition) is 3. The standard InChI is InChI=1S/C17H20N6S/c1-11-12(2)24-17(22-11)23-16-14(18)15(20-10-21-16)19-9-8-13-6-4-3-5-7-13/h3-7,10H,8-9,18H2,1-2H3,(H2,19,20,21,22,23). The van der Waals surface area contributed by atoms with Crippen LogP contribution in [0, 0.1) is 13.8 Å². The third-order valence-corrected chi connectivity index (χ3v) is 4.68. The van der Waals surface area contributed by atoms with Crippen molar-refractivity contribution in [2.45, 2.75) is 20.3 Å². The Morgan fingerprint density at radius 2 is 1.83 bits per heavy atom. The van der Waals surface area contributed by atoms with E-state index in [1.165, 1.54) is 16.8 Å². The fourth-order valence-corrected chi connectivity index (χ4v) is 3.05. The SMILES string of the molecule is Cc1nc(Nc2ncnc(NCCc3ccccc3)c2N)sc1C. The molecule has 124 valence electrons. The van der Waals surface area contributed by atoms with Gasteiger partial charge >= 0.3 is 0 Å². The van der Waals surface area contributed by atoms with E-state index >= 15 is 0 Å². The molecule has 2 heterocycles. The van der Waals surface area contributed by atoms with Gasteiger partial charge in [-0.3, -0.25) is 0 Å². The molecule has 2 aromatic heterocycles. The maximum atomic E-state index is 6.18. The average molecular weight is 340 g/mol. The number of rotatable bonds is 6. The largest absolute Gasteiger partial charge is 0.393 e.